The summed E-state index contributed by atoms with van der Waals surface area (Å²) in [4.78, 5) is 15.9. The molecule has 0 saturated carbocycles. The molecule has 100 valence electrons. The number of benzene rings is 2. The molecule has 0 aliphatic carbocycles. The van der Waals surface area contributed by atoms with Gasteiger partial charge in [0.15, 0.2) is 5.78 Å². The summed E-state index contributed by atoms with van der Waals surface area (Å²) < 4.78 is 0. The van der Waals surface area contributed by atoms with Gasteiger partial charge in [0.1, 0.15) is 0 Å². The van der Waals surface area contributed by atoms with Crippen LogP contribution in [0.2, 0.25) is 5.02 Å². The molecule has 2 nitrogen and oxygen atoms in total. The molecule has 1 aromatic heterocycles. The van der Waals surface area contributed by atoms with Gasteiger partial charge in [-0.15, -0.1) is 0 Å². The molecule has 0 aliphatic rings. The van der Waals surface area contributed by atoms with E-state index >= 15 is 0 Å². The fraction of sp³-hybridized carbons (Fsp3) is 0.118. The highest BCUT2D eigenvalue weighted by Crippen LogP contribution is 2.24. The molecule has 3 aromatic rings. The maximum atomic E-state index is 12.7. The van der Waals surface area contributed by atoms with Crippen molar-refractivity contribution in [1.82, 2.24) is 4.98 Å². The second-order valence-electron chi connectivity index (χ2n) is 5.04. The fourth-order valence-corrected chi connectivity index (χ4v) is 2.58. The number of fused-ring (bicyclic) bond motifs is 1. The highest BCUT2D eigenvalue weighted by Gasteiger charge is 2.16. The number of nitrogens with one attached hydrogen (secondary N) is 1. The predicted molar refractivity (Wildman–Crippen MR) is 82.7 cm³/mol. The zero-order chi connectivity index (χ0) is 14.3. The van der Waals surface area contributed by atoms with E-state index in [1.54, 1.807) is 18.3 Å². The summed E-state index contributed by atoms with van der Waals surface area (Å²) in [5.74, 6) is 0.0000954. The third-order valence-corrected chi connectivity index (χ3v) is 3.76. The number of ketones is 1. The molecular weight excluding hydrogens is 270 g/mol. The number of H-pyrrole nitrogens is 1. The number of rotatable bonds is 2. The van der Waals surface area contributed by atoms with Gasteiger partial charge in [-0.2, -0.15) is 0 Å². The van der Waals surface area contributed by atoms with Crippen molar-refractivity contribution < 1.29 is 4.79 Å². The third-order valence-electron chi connectivity index (χ3n) is 3.53. The zero-order valence-corrected chi connectivity index (χ0v) is 12.1. The fourth-order valence-electron chi connectivity index (χ4n) is 2.41. The van der Waals surface area contributed by atoms with Crippen LogP contribution in [-0.4, -0.2) is 10.8 Å². The van der Waals surface area contributed by atoms with Crippen LogP contribution in [0.3, 0.4) is 0 Å². The third kappa shape index (κ3) is 2.12. The average Bonchev–Trinajstić information content (AvgIpc) is 2.83. The second kappa shape index (κ2) is 4.80. The van der Waals surface area contributed by atoms with E-state index in [0.29, 0.717) is 16.1 Å². The Bertz CT molecular complexity index is 817. The van der Waals surface area contributed by atoms with Gasteiger partial charge in [0.25, 0.3) is 0 Å². The minimum Gasteiger partial charge on any atom is -0.360 e. The molecule has 1 N–H and O–H groups in total. The van der Waals surface area contributed by atoms with E-state index in [0.717, 1.165) is 22.0 Å². The Kier molecular flexibility index (Phi) is 3.11. The quantitative estimate of drug-likeness (QED) is 0.681. The van der Waals surface area contributed by atoms with Gasteiger partial charge in [0.05, 0.1) is 0 Å². The number of halogens is 1. The van der Waals surface area contributed by atoms with Crippen molar-refractivity contribution in [1.29, 1.82) is 0 Å². The van der Waals surface area contributed by atoms with E-state index in [-0.39, 0.29) is 5.78 Å². The Morgan fingerprint density at radius 1 is 1.05 bits per heavy atom. The largest absolute Gasteiger partial charge is 0.360 e. The van der Waals surface area contributed by atoms with Gasteiger partial charge in [0.2, 0.25) is 0 Å². The van der Waals surface area contributed by atoms with E-state index in [2.05, 4.69) is 4.98 Å². The Labute approximate surface area is 122 Å². The monoisotopic (exact) mass is 283 g/mol. The van der Waals surface area contributed by atoms with Crippen molar-refractivity contribution in [2.45, 2.75) is 13.8 Å². The number of aryl methyl sites for hydroxylation is 2. The van der Waals surface area contributed by atoms with Gasteiger partial charge in [-0.1, -0.05) is 29.8 Å². The minimum atomic E-state index is 0.0000954. The standard InChI is InChI=1S/C17H14ClNO/c1-10-3-6-13-15(9-19-16(13)7-10)17(20)14-8-12(18)5-4-11(14)2/h3-9,19H,1-2H3. The number of aromatic nitrogens is 1. The molecular formula is C17H14ClNO. The molecule has 0 amide bonds. The molecule has 0 bridgehead atoms. The van der Waals surface area contributed by atoms with Crippen LogP contribution >= 0.6 is 11.6 Å². The van der Waals surface area contributed by atoms with Crippen LogP contribution in [0.5, 0.6) is 0 Å². The smallest absolute Gasteiger partial charge is 0.195 e. The number of carbonyl (C=O) groups is 1. The summed E-state index contributed by atoms with van der Waals surface area (Å²) in [6, 6.07) is 11.4. The lowest BCUT2D eigenvalue weighted by Crippen LogP contribution is -2.02. The molecule has 3 rings (SSSR count). The Balaban J connectivity index is 2.15. The number of aromatic amines is 1. The van der Waals surface area contributed by atoms with Gasteiger partial charge >= 0.3 is 0 Å². The number of hydrogen-bond acceptors (Lipinski definition) is 1. The van der Waals surface area contributed by atoms with E-state index in [9.17, 15) is 4.79 Å². The summed E-state index contributed by atoms with van der Waals surface area (Å²) >= 11 is 6.00. The average molecular weight is 284 g/mol. The van der Waals surface area contributed by atoms with Crippen molar-refractivity contribution in [2.24, 2.45) is 0 Å². The van der Waals surface area contributed by atoms with Crippen LogP contribution in [0.25, 0.3) is 10.9 Å². The molecule has 0 atom stereocenters. The molecule has 0 radical (unpaired) electrons. The normalized spacial score (nSPS) is 10.9. The molecule has 20 heavy (non-hydrogen) atoms. The van der Waals surface area contributed by atoms with Gasteiger partial charge in [-0.25, -0.2) is 0 Å². The Morgan fingerprint density at radius 2 is 1.85 bits per heavy atom. The summed E-state index contributed by atoms with van der Waals surface area (Å²) in [6.07, 6.45) is 1.77. The Hall–Kier alpha value is -2.06. The molecule has 0 unspecified atom stereocenters. The lowest BCUT2D eigenvalue weighted by molar-refractivity contribution is 0.104. The van der Waals surface area contributed by atoms with Gasteiger partial charge in [-0.3, -0.25) is 4.79 Å². The van der Waals surface area contributed by atoms with Crippen LogP contribution in [-0.2, 0) is 0 Å². The van der Waals surface area contributed by atoms with Crippen LogP contribution < -0.4 is 0 Å². The number of hydrogen-bond donors (Lipinski definition) is 1. The highest BCUT2D eigenvalue weighted by molar-refractivity contribution is 6.31. The van der Waals surface area contributed by atoms with E-state index in [4.69, 9.17) is 11.6 Å². The van der Waals surface area contributed by atoms with Crippen LogP contribution in [0.15, 0.2) is 42.6 Å². The maximum absolute atomic E-state index is 12.7. The second-order valence-corrected chi connectivity index (χ2v) is 5.48. The SMILES string of the molecule is Cc1ccc2c(C(=O)c3cc(Cl)ccc3C)c[nH]c2c1. The van der Waals surface area contributed by atoms with Crippen LogP contribution in [0, 0.1) is 13.8 Å². The molecule has 1 heterocycles. The van der Waals surface area contributed by atoms with Crippen molar-refractivity contribution in [3.05, 3.63) is 69.9 Å². The molecule has 0 aliphatic heterocycles. The first-order chi connectivity index (χ1) is 9.56. The zero-order valence-electron chi connectivity index (χ0n) is 11.3. The van der Waals surface area contributed by atoms with Crippen LogP contribution in [0.1, 0.15) is 27.0 Å². The molecule has 0 spiro atoms. The van der Waals surface area contributed by atoms with Crippen LogP contribution in [0.4, 0.5) is 0 Å². The van der Waals surface area contributed by atoms with E-state index in [1.165, 1.54) is 0 Å². The van der Waals surface area contributed by atoms with Crippen molar-refractivity contribution in [3.63, 3.8) is 0 Å². The Morgan fingerprint density at radius 3 is 2.65 bits per heavy atom. The molecule has 3 heteroatoms. The van der Waals surface area contributed by atoms with Crippen molar-refractivity contribution >= 4 is 28.3 Å². The van der Waals surface area contributed by atoms with Gasteiger partial charge < -0.3 is 4.98 Å². The first-order valence-electron chi connectivity index (χ1n) is 6.45. The first-order valence-corrected chi connectivity index (χ1v) is 6.82. The minimum absolute atomic E-state index is 0.0000954. The van der Waals surface area contributed by atoms with Crippen molar-refractivity contribution in [2.75, 3.05) is 0 Å². The maximum Gasteiger partial charge on any atom is 0.195 e. The lowest BCUT2D eigenvalue weighted by Gasteiger charge is -2.05. The summed E-state index contributed by atoms with van der Waals surface area (Å²) in [6.45, 7) is 3.95. The predicted octanol–water partition coefficient (Wildman–Crippen LogP) is 4.67. The van der Waals surface area contributed by atoms with Gasteiger partial charge in [-0.05, 0) is 43.2 Å². The molecule has 0 fully saturated rings. The summed E-state index contributed by atoms with van der Waals surface area (Å²) in [7, 11) is 0. The summed E-state index contributed by atoms with van der Waals surface area (Å²) in [5.41, 5.74) is 4.41. The summed E-state index contributed by atoms with van der Waals surface area (Å²) in [5, 5.41) is 1.52. The topological polar surface area (TPSA) is 32.9 Å². The van der Waals surface area contributed by atoms with Crippen molar-refractivity contribution in [3.8, 4) is 0 Å². The van der Waals surface area contributed by atoms with E-state index in [1.807, 2.05) is 38.1 Å². The lowest BCUT2D eigenvalue weighted by atomic mass is 9.98. The molecule has 0 saturated heterocycles. The first kappa shape index (κ1) is 12.9. The molecule has 2 aromatic carbocycles. The van der Waals surface area contributed by atoms with Gasteiger partial charge in [0, 0.05) is 33.2 Å². The van der Waals surface area contributed by atoms with E-state index < -0.39 is 0 Å². The number of carbonyl (C=O) groups excluding carboxylic acids is 1. The highest BCUT2D eigenvalue weighted by atomic mass is 35.5.